The lowest BCUT2D eigenvalue weighted by molar-refractivity contribution is 0.567. The molecule has 0 aliphatic carbocycles. The van der Waals surface area contributed by atoms with Crippen LogP contribution in [0.25, 0.3) is 11.2 Å². The Balaban J connectivity index is 2.44. The Morgan fingerprint density at radius 1 is 1.38 bits per heavy atom. The third-order valence-electron chi connectivity index (χ3n) is 2.55. The minimum atomic E-state index is -0.388. The van der Waals surface area contributed by atoms with Crippen LogP contribution in [0.4, 0.5) is 0 Å². The fraction of sp³-hybridized carbons (Fsp3) is 0.500. The smallest absolute Gasteiger partial charge is 0.330 e. The van der Waals surface area contributed by atoms with Crippen molar-refractivity contribution in [2.24, 2.45) is 0 Å². The van der Waals surface area contributed by atoms with Gasteiger partial charge in [0.1, 0.15) is 5.52 Å². The van der Waals surface area contributed by atoms with Gasteiger partial charge in [-0.2, -0.15) is 0 Å². The topological polar surface area (TPSA) is 83.5 Å². The fourth-order valence-corrected chi connectivity index (χ4v) is 1.67. The highest BCUT2D eigenvalue weighted by atomic mass is 16.2. The molecule has 86 valence electrons. The molecule has 0 saturated carbocycles. The summed E-state index contributed by atoms with van der Waals surface area (Å²) in [6.07, 6.45) is 4.30. The van der Waals surface area contributed by atoms with Crippen LogP contribution in [0.2, 0.25) is 0 Å². The van der Waals surface area contributed by atoms with Crippen molar-refractivity contribution < 1.29 is 0 Å². The summed E-state index contributed by atoms with van der Waals surface area (Å²) >= 11 is 0. The van der Waals surface area contributed by atoms with E-state index >= 15 is 0 Å². The Bertz CT molecular complexity index is 593. The van der Waals surface area contributed by atoms with Crippen LogP contribution in [-0.2, 0) is 6.54 Å². The van der Waals surface area contributed by atoms with Gasteiger partial charge in [0.2, 0.25) is 0 Å². The van der Waals surface area contributed by atoms with Gasteiger partial charge >= 0.3 is 5.69 Å². The molecule has 2 aromatic rings. The molecular weight excluding hydrogens is 208 g/mol. The minimum Gasteiger partial charge on any atom is -0.339 e. The molecule has 6 nitrogen and oxygen atoms in total. The van der Waals surface area contributed by atoms with Crippen molar-refractivity contribution in [1.29, 1.82) is 0 Å². The Kier molecular flexibility index (Phi) is 2.89. The zero-order valence-corrected chi connectivity index (χ0v) is 9.12. The average Bonchev–Trinajstić information content (AvgIpc) is 2.71. The number of unbranched alkanes of at least 4 members (excludes halogenated alkanes) is 2. The van der Waals surface area contributed by atoms with Crippen LogP contribution in [0.15, 0.2) is 15.9 Å². The van der Waals surface area contributed by atoms with Crippen LogP contribution in [0.1, 0.15) is 26.2 Å². The predicted octanol–water partition coefficient (Wildman–Crippen LogP) is 0.603. The van der Waals surface area contributed by atoms with E-state index in [1.807, 2.05) is 0 Å². The first-order chi connectivity index (χ1) is 7.74. The molecule has 16 heavy (non-hydrogen) atoms. The average molecular weight is 222 g/mol. The molecule has 2 N–H and O–H groups in total. The third-order valence-corrected chi connectivity index (χ3v) is 2.55. The molecule has 0 unspecified atom stereocenters. The monoisotopic (exact) mass is 222 g/mol. The van der Waals surface area contributed by atoms with Crippen molar-refractivity contribution in [1.82, 2.24) is 19.5 Å². The third kappa shape index (κ3) is 1.78. The van der Waals surface area contributed by atoms with E-state index < -0.39 is 0 Å². The number of nitrogens with one attached hydrogen (secondary N) is 2. The standard InChI is InChI=1S/C10H14N4O2/c1-2-3-4-5-14-9(15)7-8(12-6-11-7)13-10(14)16/h6H,2-5H2,1H3,(H,11,12)(H,13,16). The van der Waals surface area contributed by atoms with Crippen LogP contribution in [0.3, 0.4) is 0 Å². The molecule has 2 rings (SSSR count). The molecule has 0 fully saturated rings. The van der Waals surface area contributed by atoms with E-state index in [9.17, 15) is 9.59 Å². The van der Waals surface area contributed by atoms with Crippen molar-refractivity contribution in [3.63, 3.8) is 0 Å². The molecule has 0 atom stereocenters. The van der Waals surface area contributed by atoms with E-state index in [2.05, 4.69) is 21.9 Å². The van der Waals surface area contributed by atoms with Gasteiger partial charge in [0.25, 0.3) is 5.56 Å². The van der Waals surface area contributed by atoms with E-state index in [0.717, 1.165) is 19.3 Å². The number of hydrogen-bond donors (Lipinski definition) is 2. The second-order valence-corrected chi connectivity index (χ2v) is 3.72. The van der Waals surface area contributed by atoms with Gasteiger partial charge in [-0.1, -0.05) is 19.8 Å². The van der Waals surface area contributed by atoms with Crippen LogP contribution in [0, 0.1) is 0 Å². The molecule has 2 heterocycles. The minimum absolute atomic E-state index is 0.299. The highest BCUT2D eigenvalue weighted by Gasteiger charge is 2.08. The molecule has 0 aliphatic heterocycles. The summed E-state index contributed by atoms with van der Waals surface area (Å²) in [5.74, 6) is 0. The lowest BCUT2D eigenvalue weighted by atomic mass is 10.2. The number of hydrogen-bond acceptors (Lipinski definition) is 3. The van der Waals surface area contributed by atoms with Gasteiger partial charge in [-0.3, -0.25) is 14.3 Å². The van der Waals surface area contributed by atoms with Gasteiger partial charge < -0.3 is 4.98 Å². The van der Waals surface area contributed by atoms with Crippen molar-refractivity contribution in [2.75, 3.05) is 0 Å². The molecule has 0 aromatic carbocycles. The van der Waals surface area contributed by atoms with Gasteiger partial charge in [0.15, 0.2) is 5.65 Å². The number of imidazole rings is 1. The number of rotatable bonds is 4. The summed E-state index contributed by atoms with van der Waals surface area (Å²) in [4.78, 5) is 32.6. The summed E-state index contributed by atoms with van der Waals surface area (Å²) in [6, 6.07) is 0. The van der Waals surface area contributed by atoms with E-state index in [-0.39, 0.29) is 11.2 Å². The number of H-pyrrole nitrogens is 2. The Labute approximate surface area is 91.3 Å². The highest BCUT2D eigenvalue weighted by Crippen LogP contribution is 1.98. The Hall–Kier alpha value is -1.85. The molecule has 0 saturated heterocycles. The second-order valence-electron chi connectivity index (χ2n) is 3.72. The summed E-state index contributed by atoms with van der Waals surface area (Å²) in [7, 11) is 0. The summed E-state index contributed by atoms with van der Waals surface area (Å²) in [5.41, 5.74) is -0.00843. The maximum atomic E-state index is 11.9. The summed E-state index contributed by atoms with van der Waals surface area (Å²) < 4.78 is 1.22. The van der Waals surface area contributed by atoms with Crippen LogP contribution >= 0.6 is 0 Å². The molecule has 0 spiro atoms. The number of aromatic amines is 2. The number of fused-ring (bicyclic) bond motifs is 1. The van der Waals surface area contributed by atoms with Crippen molar-refractivity contribution in [2.45, 2.75) is 32.7 Å². The van der Waals surface area contributed by atoms with Crippen LogP contribution in [0.5, 0.6) is 0 Å². The zero-order valence-electron chi connectivity index (χ0n) is 9.12. The van der Waals surface area contributed by atoms with E-state index in [1.54, 1.807) is 0 Å². The van der Waals surface area contributed by atoms with E-state index in [1.165, 1.54) is 10.9 Å². The van der Waals surface area contributed by atoms with Crippen molar-refractivity contribution in [3.05, 3.63) is 27.2 Å². The molecule has 0 amide bonds. The van der Waals surface area contributed by atoms with Gasteiger partial charge in [0.05, 0.1) is 6.33 Å². The molecule has 0 aliphatic rings. The van der Waals surface area contributed by atoms with Gasteiger partial charge in [-0.25, -0.2) is 9.78 Å². The second kappa shape index (κ2) is 4.34. The maximum Gasteiger partial charge on any atom is 0.330 e. The predicted molar refractivity (Wildman–Crippen MR) is 60.5 cm³/mol. The van der Waals surface area contributed by atoms with E-state index in [0.29, 0.717) is 17.7 Å². The Morgan fingerprint density at radius 3 is 2.94 bits per heavy atom. The summed E-state index contributed by atoms with van der Waals surface area (Å²) in [5, 5.41) is 0. The van der Waals surface area contributed by atoms with Gasteiger partial charge in [-0.05, 0) is 6.42 Å². The van der Waals surface area contributed by atoms with Crippen LogP contribution < -0.4 is 11.2 Å². The lowest BCUT2D eigenvalue weighted by Gasteiger charge is -2.02. The molecular formula is C10H14N4O2. The Morgan fingerprint density at radius 2 is 2.19 bits per heavy atom. The summed E-state index contributed by atoms with van der Waals surface area (Å²) in [6.45, 7) is 2.53. The highest BCUT2D eigenvalue weighted by molar-refractivity contribution is 5.67. The molecule has 2 aromatic heterocycles. The first-order valence-corrected chi connectivity index (χ1v) is 5.40. The SMILES string of the molecule is CCCCCn1c(=O)[nH]c2nc[nH]c2c1=O. The largest absolute Gasteiger partial charge is 0.339 e. The first kappa shape index (κ1) is 10.7. The molecule has 6 heteroatoms. The number of aromatic nitrogens is 4. The molecule has 0 bridgehead atoms. The van der Waals surface area contributed by atoms with Gasteiger partial charge in [0, 0.05) is 6.54 Å². The van der Waals surface area contributed by atoms with E-state index in [4.69, 9.17) is 0 Å². The lowest BCUT2D eigenvalue weighted by Crippen LogP contribution is -2.35. The fourth-order valence-electron chi connectivity index (χ4n) is 1.67. The molecule has 0 radical (unpaired) electrons. The quantitative estimate of drug-likeness (QED) is 0.743. The normalized spacial score (nSPS) is 11.1. The first-order valence-electron chi connectivity index (χ1n) is 5.40. The van der Waals surface area contributed by atoms with Crippen molar-refractivity contribution >= 4 is 11.2 Å². The van der Waals surface area contributed by atoms with Gasteiger partial charge in [-0.15, -0.1) is 0 Å². The zero-order chi connectivity index (χ0) is 11.5. The van der Waals surface area contributed by atoms with Crippen LogP contribution in [-0.4, -0.2) is 19.5 Å². The number of nitrogens with zero attached hydrogens (tertiary/aromatic N) is 2. The van der Waals surface area contributed by atoms with Crippen molar-refractivity contribution in [3.8, 4) is 0 Å². The maximum absolute atomic E-state index is 11.9.